The normalized spacial score (nSPS) is 11.7. The summed E-state index contributed by atoms with van der Waals surface area (Å²) in [7, 11) is 2.78. The van der Waals surface area contributed by atoms with E-state index >= 15 is 0 Å². The van der Waals surface area contributed by atoms with Gasteiger partial charge in [0.15, 0.2) is 5.78 Å². The van der Waals surface area contributed by atoms with Gasteiger partial charge in [-0.05, 0) is 19.1 Å². The van der Waals surface area contributed by atoms with Crippen molar-refractivity contribution in [1.29, 1.82) is 0 Å². The molecule has 1 aromatic carbocycles. The van der Waals surface area contributed by atoms with Gasteiger partial charge < -0.3 is 9.47 Å². The number of carbonyl (C=O) groups is 2. The van der Waals surface area contributed by atoms with Crippen molar-refractivity contribution in [2.24, 2.45) is 5.92 Å². The van der Waals surface area contributed by atoms with Gasteiger partial charge in [-0.15, -0.1) is 0 Å². The predicted molar refractivity (Wildman–Crippen MR) is 58.5 cm³/mol. The first-order valence-corrected chi connectivity index (χ1v) is 4.86. The number of Topliss-reactive ketones (excluding diaryl/α,β-unsaturated/α-hetero) is 1. The van der Waals surface area contributed by atoms with E-state index in [-0.39, 0.29) is 5.78 Å². The molecule has 0 saturated heterocycles. The molecular weight excluding hydrogens is 208 g/mol. The van der Waals surface area contributed by atoms with E-state index in [1.54, 1.807) is 24.3 Å². The first kappa shape index (κ1) is 12.2. The van der Waals surface area contributed by atoms with Crippen LogP contribution in [0.3, 0.4) is 0 Å². The van der Waals surface area contributed by atoms with E-state index in [1.807, 2.05) is 0 Å². The fourth-order valence-corrected chi connectivity index (χ4v) is 1.31. The lowest BCUT2D eigenvalue weighted by molar-refractivity contribution is -0.143. The average molecular weight is 222 g/mol. The van der Waals surface area contributed by atoms with Crippen molar-refractivity contribution >= 4 is 11.8 Å². The molecule has 0 spiro atoms. The summed E-state index contributed by atoms with van der Waals surface area (Å²) >= 11 is 0. The van der Waals surface area contributed by atoms with E-state index in [2.05, 4.69) is 4.74 Å². The highest BCUT2D eigenvalue weighted by Gasteiger charge is 2.23. The standard InChI is InChI=1S/C12H14O4/c1-8(12(14)16-3)11(13)9-5-4-6-10(7-9)15-2/h4-8H,1-3H3/t8-/m0/s1. The number of benzene rings is 1. The summed E-state index contributed by atoms with van der Waals surface area (Å²) in [4.78, 5) is 23.1. The summed E-state index contributed by atoms with van der Waals surface area (Å²) in [6.07, 6.45) is 0. The van der Waals surface area contributed by atoms with Crippen molar-refractivity contribution in [2.45, 2.75) is 6.92 Å². The van der Waals surface area contributed by atoms with E-state index in [1.165, 1.54) is 21.1 Å². The van der Waals surface area contributed by atoms with Gasteiger partial charge in [0.25, 0.3) is 0 Å². The van der Waals surface area contributed by atoms with Gasteiger partial charge in [0.2, 0.25) is 0 Å². The maximum atomic E-state index is 11.9. The van der Waals surface area contributed by atoms with Crippen molar-refractivity contribution in [3.63, 3.8) is 0 Å². The summed E-state index contributed by atoms with van der Waals surface area (Å²) in [5, 5.41) is 0. The van der Waals surface area contributed by atoms with Crippen LogP contribution in [0.15, 0.2) is 24.3 Å². The van der Waals surface area contributed by atoms with Gasteiger partial charge in [0, 0.05) is 5.56 Å². The maximum absolute atomic E-state index is 11.9. The number of hydrogen-bond acceptors (Lipinski definition) is 4. The molecule has 4 heteroatoms. The molecule has 0 bridgehead atoms. The Hall–Kier alpha value is -1.84. The van der Waals surface area contributed by atoms with Gasteiger partial charge in [-0.3, -0.25) is 9.59 Å². The minimum absolute atomic E-state index is 0.272. The molecule has 0 amide bonds. The number of esters is 1. The van der Waals surface area contributed by atoms with Crippen LogP contribution in [0.1, 0.15) is 17.3 Å². The van der Waals surface area contributed by atoms with E-state index in [0.717, 1.165) is 0 Å². The van der Waals surface area contributed by atoms with Crippen LogP contribution in [0.25, 0.3) is 0 Å². The molecule has 0 saturated carbocycles. The summed E-state index contributed by atoms with van der Waals surface area (Å²) in [5.74, 6) is -1.02. The van der Waals surface area contributed by atoms with Gasteiger partial charge in [-0.1, -0.05) is 12.1 Å². The number of hydrogen-bond donors (Lipinski definition) is 0. The van der Waals surface area contributed by atoms with Crippen LogP contribution >= 0.6 is 0 Å². The molecule has 0 heterocycles. The highest BCUT2D eigenvalue weighted by molar-refractivity contribution is 6.08. The molecule has 4 nitrogen and oxygen atoms in total. The Balaban J connectivity index is 2.91. The first-order valence-electron chi connectivity index (χ1n) is 4.86. The summed E-state index contributed by atoms with van der Waals surface area (Å²) < 4.78 is 9.52. The van der Waals surface area contributed by atoms with Gasteiger partial charge >= 0.3 is 5.97 Å². The van der Waals surface area contributed by atoms with Gasteiger partial charge in [0.1, 0.15) is 11.7 Å². The smallest absolute Gasteiger partial charge is 0.316 e. The monoisotopic (exact) mass is 222 g/mol. The van der Waals surface area contributed by atoms with Gasteiger partial charge in [-0.25, -0.2) is 0 Å². The zero-order valence-electron chi connectivity index (χ0n) is 9.52. The van der Waals surface area contributed by atoms with Gasteiger partial charge in [-0.2, -0.15) is 0 Å². The second-order valence-corrected chi connectivity index (χ2v) is 3.34. The minimum atomic E-state index is -0.794. The Morgan fingerprint density at radius 3 is 2.50 bits per heavy atom. The van der Waals surface area contributed by atoms with Crippen LogP contribution in [-0.2, 0) is 9.53 Å². The summed E-state index contributed by atoms with van der Waals surface area (Å²) in [5.41, 5.74) is 0.442. The molecule has 0 aliphatic carbocycles. The Morgan fingerprint density at radius 2 is 1.94 bits per heavy atom. The van der Waals surface area contributed by atoms with Crippen molar-refractivity contribution in [2.75, 3.05) is 14.2 Å². The second kappa shape index (κ2) is 5.30. The highest BCUT2D eigenvalue weighted by atomic mass is 16.5. The molecule has 0 radical (unpaired) electrons. The Kier molecular flexibility index (Phi) is 4.05. The average Bonchev–Trinajstić information content (AvgIpc) is 2.36. The van der Waals surface area contributed by atoms with Crippen molar-refractivity contribution in [3.05, 3.63) is 29.8 Å². The summed E-state index contributed by atoms with van der Waals surface area (Å²) in [6, 6.07) is 6.68. The highest BCUT2D eigenvalue weighted by Crippen LogP contribution is 2.16. The molecule has 1 aromatic rings. The fraction of sp³-hybridized carbons (Fsp3) is 0.333. The van der Waals surface area contributed by atoms with Crippen LogP contribution in [0.4, 0.5) is 0 Å². The van der Waals surface area contributed by atoms with Crippen LogP contribution in [0, 0.1) is 5.92 Å². The third-order valence-corrected chi connectivity index (χ3v) is 2.30. The molecule has 0 aliphatic rings. The van der Waals surface area contributed by atoms with E-state index < -0.39 is 11.9 Å². The fourth-order valence-electron chi connectivity index (χ4n) is 1.31. The van der Waals surface area contributed by atoms with Crippen molar-refractivity contribution in [1.82, 2.24) is 0 Å². The topological polar surface area (TPSA) is 52.6 Å². The number of rotatable bonds is 4. The number of carbonyl (C=O) groups excluding carboxylic acids is 2. The Bertz CT molecular complexity index is 398. The first-order chi connectivity index (χ1) is 7.60. The predicted octanol–water partition coefficient (Wildman–Crippen LogP) is 1.69. The molecule has 0 N–H and O–H groups in total. The van der Waals surface area contributed by atoms with Crippen molar-refractivity contribution < 1.29 is 19.1 Å². The van der Waals surface area contributed by atoms with Crippen molar-refractivity contribution in [3.8, 4) is 5.75 Å². The lowest BCUT2D eigenvalue weighted by Gasteiger charge is -2.08. The number of ketones is 1. The third kappa shape index (κ3) is 2.59. The zero-order chi connectivity index (χ0) is 12.1. The van der Waals surface area contributed by atoms with E-state index in [4.69, 9.17) is 4.74 Å². The molecule has 1 atom stereocenters. The maximum Gasteiger partial charge on any atom is 0.316 e. The number of methoxy groups -OCH3 is 2. The zero-order valence-corrected chi connectivity index (χ0v) is 9.52. The molecule has 86 valence electrons. The molecule has 0 aliphatic heterocycles. The quantitative estimate of drug-likeness (QED) is 0.442. The van der Waals surface area contributed by atoms with Crippen LogP contribution < -0.4 is 4.74 Å². The molecule has 1 rings (SSSR count). The van der Waals surface area contributed by atoms with E-state index in [9.17, 15) is 9.59 Å². The molecule has 0 unspecified atom stereocenters. The molecule has 16 heavy (non-hydrogen) atoms. The van der Waals surface area contributed by atoms with Crippen LogP contribution in [0.5, 0.6) is 5.75 Å². The largest absolute Gasteiger partial charge is 0.497 e. The van der Waals surface area contributed by atoms with Crippen LogP contribution in [-0.4, -0.2) is 26.0 Å². The summed E-state index contributed by atoms with van der Waals surface area (Å²) in [6.45, 7) is 1.52. The third-order valence-electron chi connectivity index (χ3n) is 2.30. The number of ether oxygens (including phenoxy) is 2. The molecule has 0 fully saturated rings. The molecule has 0 aromatic heterocycles. The Morgan fingerprint density at radius 1 is 1.25 bits per heavy atom. The van der Waals surface area contributed by atoms with Crippen LogP contribution in [0.2, 0.25) is 0 Å². The molecular formula is C12H14O4. The second-order valence-electron chi connectivity index (χ2n) is 3.34. The lowest BCUT2D eigenvalue weighted by Crippen LogP contribution is -2.22. The van der Waals surface area contributed by atoms with E-state index in [0.29, 0.717) is 11.3 Å². The lowest BCUT2D eigenvalue weighted by atomic mass is 9.99. The Labute approximate surface area is 94.2 Å². The minimum Gasteiger partial charge on any atom is -0.497 e. The van der Waals surface area contributed by atoms with Gasteiger partial charge in [0.05, 0.1) is 14.2 Å². The SMILES string of the molecule is COC(=O)[C@@H](C)C(=O)c1cccc(OC)c1.